The van der Waals surface area contributed by atoms with Crippen LogP contribution in [0, 0.1) is 0 Å². The van der Waals surface area contributed by atoms with Crippen molar-refractivity contribution in [2.75, 3.05) is 13.7 Å². The third kappa shape index (κ3) is 3.05. The number of amides is 1. The predicted octanol–water partition coefficient (Wildman–Crippen LogP) is 1.22. The molecule has 1 N–H and O–H groups in total. The molecule has 6 heteroatoms. The summed E-state index contributed by atoms with van der Waals surface area (Å²) >= 11 is 0. The fraction of sp³-hybridized carbons (Fsp3) is 0.333. The molecule has 0 bridgehead atoms. The van der Waals surface area contributed by atoms with E-state index in [0.29, 0.717) is 25.3 Å². The van der Waals surface area contributed by atoms with Gasteiger partial charge in [0.2, 0.25) is 0 Å². The molecule has 2 aromatic rings. The Labute approximate surface area is 122 Å². The number of carbonyl (C=O) groups excluding carboxylic acids is 1. The Kier molecular flexibility index (Phi) is 3.87. The molecule has 1 amide bonds. The van der Waals surface area contributed by atoms with E-state index in [-0.39, 0.29) is 12.0 Å². The summed E-state index contributed by atoms with van der Waals surface area (Å²) in [5.74, 6) is 1.54. The molecule has 3 rings (SSSR count). The number of imidazole rings is 1. The molecule has 1 aromatic carbocycles. The number of ether oxygens (including phenoxy) is 2. The number of rotatable bonds is 4. The molecule has 2 heterocycles. The molecule has 110 valence electrons. The molecule has 0 fully saturated rings. The smallest absolute Gasteiger partial charge is 0.251 e. The number of nitrogens with one attached hydrogen (secondary N) is 1. The van der Waals surface area contributed by atoms with Crippen LogP contribution >= 0.6 is 0 Å². The highest BCUT2D eigenvalue weighted by Crippen LogP contribution is 2.13. The van der Waals surface area contributed by atoms with Gasteiger partial charge in [-0.05, 0) is 24.3 Å². The summed E-state index contributed by atoms with van der Waals surface area (Å²) in [6.07, 6.45) is 3.65. The van der Waals surface area contributed by atoms with Gasteiger partial charge >= 0.3 is 0 Å². The van der Waals surface area contributed by atoms with Crippen LogP contribution in [0.25, 0.3) is 0 Å². The first-order chi connectivity index (χ1) is 10.3. The lowest BCUT2D eigenvalue weighted by Crippen LogP contribution is -2.38. The van der Waals surface area contributed by atoms with E-state index in [1.54, 1.807) is 37.6 Å². The summed E-state index contributed by atoms with van der Waals surface area (Å²) in [4.78, 5) is 16.2. The number of methoxy groups -OCH3 is 1. The Morgan fingerprint density at radius 3 is 3.05 bits per heavy atom. The molecule has 0 radical (unpaired) electrons. The fourth-order valence-corrected chi connectivity index (χ4v) is 2.29. The number of nitrogens with zero attached hydrogens (tertiary/aromatic N) is 2. The highest BCUT2D eigenvalue weighted by atomic mass is 16.5. The number of benzene rings is 1. The van der Waals surface area contributed by atoms with E-state index in [4.69, 9.17) is 9.47 Å². The number of hydrogen-bond acceptors (Lipinski definition) is 4. The maximum Gasteiger partial charge on any atom is 0.251 e. The zero-order valence-electron chi connectivity index (χ0n) is 11.8. The van der Waals surface area contributed by atoms with Gasteiger partial charge < -0.3 is 19.4 Å². The average Bonchev–Trinajstić information content (AvgIpc) is 3.00. The average molecular weight is 287 g/mol. The van der Waals surface area contributed by atoms with Crippen molar-refractivity contribution in [3.05, 3.63) is 48.0 Å². The zero-order valence-corrected chi connectivity index (χ0v) is 11.8. The maximum absolute atomic E-state index is 12.1. The third-order valence-corrected chi connectivity index (χ3v) is 3.49. The molecule has 1 aromatic heterocycles. The van der Waals surface area contributed by atoms with Gasteiger partial charge in [-0.15, -0.1) is 0 Å². The molecular weight excluding hydrogens is 270 g/mol. The Balaban J connectivity index is 1.54. The van der Waals surface area contributed by atoms with Crippen molar-refractivity contribution in [3.63, 3.8) is 0 Å². The molecule has 0 saturated heterocycles. The Bertz CT molecular complexity index is 621. The monoisotopic (exact) mass is 287 g/mol. The molecule has 1 atom stereocenters. The molecule has 6 nitrogen and oxygen atoms in total. The minimum absolute atomic E-state index is 0.0334. The quantitative estimate of drug-likeness (QED) is 0.918. The predicted molar refractivity (Wildman–Crippen MR) is 76.1 cm³/mol. The highest BCUT2D eigenvalue weighted by Gasteiger charge is 2.19. The van der Waals surface area contributed by atoms with Gasteiger partial charge in [-0.1, -0.05) is 0 Å². The number of carbonyl (C=O) groups is 1. The normalized spacial score (nSPS) is 17.1. The summed E-state index contributed by atoms with van der Waals surface area (Å²) < 4.78 is 12.8. The second kappa shape index (κ2) is 5.97. The van der Waals surface area contributed by atoms with Crippen LogP contribution in [0.3, 0.4) is 0 Å². The van der Waals surface area contributed by atoms with E-state index < -0.39 is 0 Å². The Morgan fingerprint density at radius 2 is 2.29 bits per heavy atom. The molecule has 21 heavy (non-hydrogen) atoms. The minimum atomic E-state index is -0.113. The van der Waals surface area contributed by atoms with Crippen LogP contribution in [0.4, 0.5) is 0 Å². The van der Waals surface area contributed by atoms with Gasteiger partial charge in [-0.3, -0.25) is 4.79 Å². The lowest BCUT2D eigenvalue weighted by Gasteiger charge is -2.24. The van der Waals surface area contributed by atoms with Gasteiger partial charge in [0.25, 0.3) is 5.91 Å². The zero-order chi connectivity index (χ0) is 14.7. The second-order valence-corrected chi connectivity index (χ2v) is 4.87. The van der Waals surface area contributed by atoms with Gasteiger partial charge in [-0.2, -0.15) is 0 Å². The summed E-state index contributed by atoms with van der Waals surface area (Å²) in [5, 5.41) is 2.89. The largest absolute Gasteiger partial charge is 0.497 e. The minimum Gasteiger partial charge on any atom is -0.497 e. The lowest BCUT2D eigenvalue weighted by atomic mass is 10.2. The van der Waals surface area contributed by atoms with Crippen molar-refractivity contribution in [1.29, 1.82) is 0 Å². The maximum atomic E-state index is 12.1. The molecule has 1 aliphatic rings. The highest BCUT2D eigenvalue weighted by molar-refractivity contribution is 5.94. The van der Waals surface area contributed by atoms with Crippen LogP contribution in [0.5, 0.6) is 5.75 Å². The van der Waals surface area contributed by atoms with E-state index in [1.807, 2.05) is 10.8 Å². The SMILES string of the molecule is COc1ccc(C(=O)NC[C@H]2Cn3ccnc3CO2)cc1. The molecule has 0 aliphatic carbocycles. The van der Waals surface area contributed by atoms with E-state index in [0.717, 1.165) is 11.6 Å². The van der Waals surface area contributed by atoms with Gasteiger partial charge in [0.15, 0.2) is 0 Å². The summed E-state index contributed by atoms with van der Waals surface area (Å²) in [5.41, 5.74) is 0.606. The number of aromatic nitrogens is 2. The van der Waals surface area contributed by atoms with Gasteiger partial charge in [-0.25, -0.2) is 4.98 Å². The van der Waals surface area contributed by atoms with E-state index in [1.165, 1.54) is 0 Å². The van der Waals surface area contributed by atoms with Crippen molar-refractivity contribution in [2.45, 2.75) is 19.3 Å². The Hall–Kier alpha value is -2.34. The van der Waals surface area contributed by atoms with E-state index >= 15 is 0 Å². The van der Waals surface area contributed by atoms with Crippen molar-refractivity contribution in [2.24, 2.45) is 0 Å². The summed E-state index contributed by atoms with van der Waals surface area (Å²) in [6.45, 7) is 1.66. The number of hydrogen-bond donors (Lipinski definition) is 1. The van der Waals surface area contributed by atoms with Crippen LogP contribution in [0.2, 0.25) is 0 Å². The first-order valence-corrected chi connectivity index (χ1v) is 6.80. The first-order valence-electron chi connectivity index (χ1n) is 6.80. The molecule has 0 saturated carbocycles. The van der Waals surface area contributed by atoms with Crippen molar-refractivity contribution in [1.82, 2.24) is 14.9 Å². The first kappa shape index (κ1) is 13.6. The summed E-state index contributed by atoms with van der Waals surface area (Å²) in [7, 11) is 1.60. The van der Waals surface area contributed by atoms with Gasteiger partial charge in [0.05, 0.1) is 19.8 Å². The summed E-state index contributed by atoms with van der Waals surface area (Å²) in [6, 6.07) is 7.02. The van der Waals surface area contributed by atoms with Gasteiger partial charge in [0, 0.05) is 24.5 Å². The van der Waals surface area contributed by atoms with Crippen LogP contribution in [0.1, 0.15) is 16.2 Å². The molecular formula is C15H17N3O3. The van der Waals surface area contributed by atoms with Crippen molar-refractivity contribution < 1.29 is 14.3 Å². The fourth-order valence-electron chi connectivity index (χ4n) is 2.29. The van der Waals surface area contributed by atoms with E-state index in [9.17, 15) is 4.79 Å². The van der Waals surface area contributed by atoms with Gasteiger partial charge in [0.1, 0.15) is 18.2 Å². The number of fused-ring (bicyclic) bond motifs is 1. The lowest BCUT2D eigenvalue weighted by molar-refractivity contribution is 0.00327. The molecule has 1 aliphatic heterocycles. The molecule has 0 spiro atoms. The second-order valence-electron chi connectivity index (χ2n) is 4.87. The molecule has 0 unspecified atom stereocenters. The van der Waals surface area contributed by atoms with E-state index in [2.05, 4.69) is 10.3 Å². The van der Waals surface area contributed by atoms with Crippen molar-refractivity contribution >= 4 is 5.91 Å². The standard InChI is InChI=1S/C15H17N3O3/c1-20-12-4-2-11(3-5-12)15(19)17-8-13-9-18-7-6-16-14(18)10-21-13/h2-7,13H,8-10H2,1H3,(H,17,19)/t13-/m0/s1. The topological polar surface area (TPSA) is 65.4 Å². The van der Waals surface area contributed by atoms with Crippen LogP contribution in [0.15, 0.2) is 36.7 Å². The van der Waals surface area contributed by atoms with Crippen LogP contribution in [-0.2, 0) is 17.9 Å². The third-order valence-electron chi connectivity index (χ3n) is 3.49. The van der Waals surface area contributed by atoms with Crippen LogP contribution in [-0.4, -0.2) is 35.2 Å². The Morgan fingerprint density at radius 1 is 1.48 bits per heavy atom. The van der Waals surface area contributed by atoms with Crippen molar-refractivity contribution in [3.8, 4) is 5.75 Å². The van der Waals surface area contributed by atoms with Crippen LogP contribution < -0.4 is 10.1 Å².